The van der Waals surface area contributed by atoms with E-state index in [2.05, 4.69) is 16.5 Å². The van der Waals surface area contributed by atoms with Crippen LogP contribution in [0, 0.1) is 0 Å². The number of hydrogen-bond donors (Lipinski definition) is 1. The van der Waals surface area contributed by atoms with Crippen LogP contribution in [0.5, 0.6) is 0 Å². The summed E-state index contributed by atoms with van der Waals surface area (Å²) in [6, 6.07) is 0.000746. The summed E-state index contributed by atoms with van der Waals surface area (Å²) >= 11 is 0. The zero-order valence-electron chi connectivity index (χ0n) is 10.3. The Kier molecular flexibility index (Phi) is 6.92. The highest BCUT2D eigenvalue weighted by Gasteiger charge is 2.05. The van der Waals surface area contributed by atoms with Gasteiger partial charge in [0.1, 0.15) is 0 Å². The average molecular weight is 209 g/mol. The summed E-state index contributed by atoms with van der Waals surface area (Å²) in [5.74, 6) is 0. The number of nitrogens with two attached hydrogens (primary N) is 1. The molecule has 1 unspecified atom stereocenters. The Morgan fingerprint density at radius 2 is 2.13 bits per heavy atom. The molecule has 3 heteroatoms. The van der Waals surface area contributed by atoms with Gasteiger partial charge < -0.3 is 10.6 Å². The second kappa shape index (κ2) is 7.37. The monoisotopic (exact) mass is 209 g/mol. The largest absolute Gasteiger partial charge is 0.324 e. The Labute approximate surface area is 93.4 Å². The van der Waals surface area contributed by atoms with Crippen LogP contribution in [0.2, 0.25) is 0 Å². The van der Waals surface area contributed by atoms with E-state index in [-0.39, 0.29) is 6.04 Å². The van der Waals surface area contributed by atoms with Crippen molar-refractivity contribution in [3.63, 3.8) is 0 Å². The molecule has 3 nitrogen and oxygen atoms in total. The van der Waals surface area contributed by atoms with Gasteiger partial charge in [0.05, 0.1) is 0 Å². The number of hydrogen-bond acceptors (Lipinski definition) is 3. The van der Waals surface area contributed by atoms with Crippen molar-refractivity contribution in [2.75, 3.05) is 20.6 Å². The van der Waals surface area contributed by atoms with Crippen molar-refractivity contribution >= 4 is 6.21 Å². The van der Waals surface area contributed by atoms with E-state index >= 15 is 0 Å². The zero-order chi connectivity index (χ0) is 11.8. The first-order valence-corrected chi connectivity index (χ1v) is 5.23. The van der Waals surface area contributed by atoms with Gasteiger partial charge in [0.2, 0.25) is 0 Å². The number of nitrogens with zero attached hydrogens (tertiary/aromatic N) is 2. The molecule has 0 aromatic heterocycles. The van der Waals surface area contributed by atoms with E-state index in [1.807, 2.05) is 34.0 Å². The molecule has 15 heavy (non-hydrogen) atoms. The maximum Gasteiger partial charge on any atom is 0.0330 e. The lowest BCUT2D eigenvalue weighted by Crippen LogP contribution is -2.28. The molecule has 0 heterocycles. The predicted molar refractivity (Wildman–Crippen MR) is 68.2 cm³/mol. The highest BCUT2D eigenvalue weighted by molar-refractivity contribution is 5.80. The molecule has 2 N–H and O–H groups in total. The molecule has 86 valence electrons. The molecule has 0 saturated carbocycles. The van der Waals surface area contributed by atoms with Gasteiger partial charge in [0, 0.05) is 18.0 Å². The third kappa shape index (κ3) is 7.05. The van der Waals surface area contributed by atoms with Crippen LogP contribution in [-0.4, -0.2) is 37.8 Å². The predicted octanol–water partition coefficient (Wildman–Crippen LogP) is 1.82. The minimum Gasteiger partial charge on any atom is -0.324 e. The van der Waals surface area contributed by atoms with Gasteiger partial charge in [-0.3, -0.25) is 4.99 Å². The minimum atomic E-state index is 0.000746. The standard InChI is InChI=1S/C12H23N3/c1-6-11(3)14-9-10(2)12(13)7-8-15(4)5/h6,9,12H,2,7-8,13H2,1,3-5H3/b11-6-,14-9?. The van der Waals surface area contributed by atoms with Crippen molar-refractivity contribution in [1.82, 2.24) is 4.90 Å². The van der Waals surface area contributed by atoms with E-state index in [0.717, 1.165) is 24.2 Å². The first-order valence-electron chi connectivity index (χ1n) is 5.23. The van der Waals surface area contributed by atoms with Crippen LogP contribution in [0.15, 0.2) is 28.9 Å². The highest BCUT2D eigenvalue weighted by atomic mass is 15.0. The summed E-state index contributed by atoms with van der Waals surface area (Å²) in [7, 11) is 4.07. The van der Waals surface area contributed by atoms with Gasteiger partial charge in [-0.05, 0) is 46.5 Å². The maximum absolute atomic E-state index is 5.96. The van der Waals surface area contributed by atoms with Crippen LogP contribution in [0.4, 0.5) is 0 Å². The molecule has 0 rings (SSSR count). The summed E-state index contributed by atoms with van der Waals surface area (Å²) in [6.07, 6.45) is 4.62. The van der Waals surface area contributed by atoms with E-state index in [1.165, 1.54) is 0 Å². The van der Waals surface area contributed by atoms with Gasteiger partial charge in [-0.15, -0.1) is 0 Å². The molecule has 0 aromatic rings. The fourth-order valence-corrected chi connectivity index (χ4v) is 0.938. The van der Waals surface area contributed by atoms with Crippen LogP contribution >= 0.6 is 0 Å². The molecule has 0 aliphatic carbocycles. The van der Waals surface area contributed by atoms with Crippen LogP contribution in [0.3, 0.4) is 0 Å². The van der Waals surface area contributed by atoms with Crippen molar-refractivity contribution in [3.8, 4) is 0 Å². The van der Waals surface area contributed by atoms with Crippen LogP contribution in [0.25, 0.3) is 0 Å². The first kappa shape index (κ1) is 14.1. The molecule has 0 radical (unpaired) electrons. The van der Waals surface area contributed by atoms with Crippen molar-refractivity contribution < 1.29 is 0 Å². The lowest BCUT2D eigenvalue weighted by atomic mass is 10.1. The number of rotatable bonds is 6. The van der Waals surface area contributed by atoms with Crippen LogP contribution in [-0.2, 0) is 0 Å². The Hall–Kier alpha value is -0.930. The van der Waals surface area contributed by atoms with Gasteiger partial charge in [-0.1, -0.05) is 12.7 Å². The minimum absolute atomic E-state index is 0.000746. The van der Waals surface area contributed by atoms with E-state index < -0.39 is 0 Å². The molecule has 0 amide bonds. The van der Waals surface area contributed by atoms with Gasteiger partial charge in [0.25, 0.3) is 0 Å². The van der Waals surface area contributed by atoms with Crippen molar-refractivity contribution in [2.24, 2.45) is 10.7 Å². The second-order valence-electron chi connectivity index (χ2n) is 3.96. The Balaban J connectivity index is 4.05. The summed E-state index contributed by atoms with van der Waals surface area (Å²) in [5.41, 5.74) is 7.83. The topological polar surface area (TPSA) is 41.6 Å². The molecule has 1 atom stereocenters. The molecular weight excluding hydrogens is 186 g/mol. The number of aliphatic imine (C=N–C) groups is 1. The molecular formula is C12H23N3. The molecule has 0 saturated heterocycles. The van der Waals surface area contributed by atoms with E-state index in [0.29, 0.717) is 0 Å². The second-order valence-corrected chi connectivity index (χ2v) is 3.96. The third-order valence-corrected chi connectivity index (χ3v) is 2.22. The first-order chi connectivity index (χ1) is 6.97. The molecule has 0 fully saturated rings. The van der Waals surface area contributed by atoms with E-state index in [4.69, 9.17) is 5.73 Å². The third-order valence-electron chi connectivity index (χ3n) is 2.22. The van der Waals surface area contributed by atoms with E-state index in [1.54, 1.807) is 6.21 Å². The van der Waals surface area contributed by atoms with Crippen molar-refractivity contribution in [2.45, 2.75) is 26.3 Å². The highest BCUT2D eigenvalue weighted by Crippen LogP contribution is 2.01. The lowest BCUT2D eigenvalue weighted by molar-refractivity contribution is 0.391. The molecule has 0 aromatic carbocycles. The summed E-state index contributed by atoms with van der Waals surface area (Å²) in [5, 5.41) is 0. The SMILES string of the molecule is C=C(C=N/C(C)=C\C)C(N)CCN(C)C. The normalized spacial score (nSPS) is 14.9. The smallest absolute Gasteiger partial charge is 0.0330 e. The Morgan fingerprint density at radius 1 is 1.53 bits per heavy atom. The van der Waals surface area contributed by atoms with Crippen molar-refractivity contribution in [3.05, 3.63) is 23.9 Å². The zero-order valence-corrected chi connectivity index (χ0v) is 10.3. The van der Waals surface area contributed by atoms with Crippen LogP contribution in [0.1, 0.15) is 20.3 Å². The maximum atomic E-state index is 5.96. The fourth-order valence-electron chi connectivity index (χ4n) is 0.938. The molecule has 0 bridgehead atoms. The molecule has 0 spiro atoms. The molecule has 0 aliphatic heterocycles. The Morgan fingerprint density at radius 3 is 2.60 bits per heavy atom. The van der Waals surface area contributed by atoms with Gasteiger partial charge >= 0.3 is 0 Å². The molecule has 0 aliphatic rings. The van der Waals surface area contributed by atoms with Gasteiger partial charge in [0.15, 0.2) is 0 Å². The lowest BCUT2D eigenvalue weighted by Gasteiger charge is -2.14. The van der Waals surface area contributed by atoms with E-state index in [9.17, 15) is 0 Å². The quantitative estimate of drug-likeness (QED) is 0.678. The van der Waals surface area contributed by atoms with Gasteiger partial charge in [-0.25, -0.2) is 0 Å². The van der Waals surface area contributed by atoms with Crippen LogP contribution < -0.4 is 5.73 Å². The fraction of sp³-hybridized carbons (Fsp3) is 0.583. The number of allylic oxidation sites excluding steroid dienone is 2. The summed E-state index contributed by atoms with van der Waals surface area (Å²) in [4.78, 5) is 6.35. The average Bonchev–Trinajstić information content (AvgIpc) is 2.21. The summed E-state index contributed by atoms with van der Waals surface area (Å²) < 4.78 is 0. The van der Waals surface area contributed by atoms with Gasteiger partial charge in [-0.2, -0.15) is 0 Å². The Bertz CT molecular complexity index is 252. The summed E-state index contributed by atoms with van der Waals surface area (Å²) in [6.45, 7) is 8.80. The van der Waals surface area contributed by atoms with Crippen molar-refractivity contribution in [1.29, 1.82) is 0 Å².